The van der Waals surface area contributed by atoms with Gasteiger partial charge in [-0.05, 0) is 43.3 Å². The van der Waals surface area contributed by atoms with E-state index < -0.39 is 0 Å². The summed E-state index contributed by atoms with van der Waals surface area (Å²) in [5.41, 5.74) is 0. The summed E-state index contributed by atoms with van der Waals surface area (Å²) < 4.78 is 11.5. The van der Waals surface area contributed by atoms with Crippen molar-refractivity contribution in [3.8, 4) is 0 Å². The van der Waals surface area contributed by atoms with E-state index in [1.165, 1.54) is 17.6 Å². The van der Waals surface area contributed by atoms with Crippen LogP contribution in [0.5, 0.6) is 0 Å². The lowest BCUT2D eigenvalue weighted by Gasteiger charge is -2.30. The van der Waals surface area contributed by atoms with Crippen molar-refractivity contribution >= 4 is 5.91 Å². The second-order valence-electron chi connectivity index (χ2n) is 6.50. The standard InChI is InChI=1S/C16H22N6O3/c1-20-18-15(17-19-20)14-11-22(8-9-24-14)16(23)13-5-4-12(25-13)10-21-6-2-3-7-21/h4-5,14H,2-3,6-11H2,1H3. The van der Waals surface area contributed by atoms with Gasteiger partial charge in [-0.1, -0.05) is 0 Å². The molecule has 9 heteroatoms. The number of aryl methyl sites for hydroxylation is 1. The fourth-order valence-electron chi connectivity index (χ4n) is 3.31. The van der Waals surface area contributed by atoms with Crippen molar-refractivity contribution in [1.29, 1.82) is 0 Å². The van der Waals surface area contributed by atoms with Crippen LogP contribution >= 0.6 is 0 Å². The van der Waals surface area contributed by atoms with Crippen LogP contribution in [0.25, 0.3) is 0 Å². The number of rotatable bonds is 4. The quantitative estimate of drug-likeness (QED) is 0.801. The maximum absolute atomic E-state index is 12.7. The number of hydrogen-bond donors (Lipinski definition) is 0. The van der Waals surface area contributed by atoms with Crippen molar-refractivity contribution in [2.75, 3.05) is 32.8 Å². The summed E-state index contributed by atoms with van der Waals surface area (Å²) in [6.45, 7) is 4.32. The molecule has 0 saturated carbocycles. The fraction of sp³-hybridized carbons (Fsp3) is 0.625. The molecule has 2 aromatic heterocycles. The molecule has 4 heterocycles. The summed E-state index contributed by atoms with van der Waals surface area (Å²) in [5, 5.41) is 12.0. The van der Waals surface area contributed by atoms with Crippen LogP contribution in [0, 0.1) is 0 Å². The number of likely N-dealkylation sites (tertiary alicyclic amines) is 1. The van der Waals surface area contributed by atoms with Crippen molar-refractivity contribution in [3.63, 3.8) is 0 Å². The normalized spacial score (nSPS) is 21.8. The van der Waals surface area contributed by atoms with Gasteiger partial charge in [-0.3, -0.25) is 9.69 Å². The average molecular weight is 346 g/mol. The molecule has 0 N–H and O–H groups in total. The third kappa shape index (κ3) is 3.57. The van der Waals surface area contributed by atoms with Crippen molar-refractivity contribution in [2.24, 2.45) is 7.05 Å². The highest BCUT2D eigenvalue weighted by Crippen LogP contribution is 2.21. The van der Waals surface area contributed by atoms with E-state index in [9.17, 15) is 4.79 Å². The molecule has 1 amide bonds. The van der Waals surface area contributed by atoms with Gasteiger partial charge in [0.05, 0.1) is 26.7 Å². The zero-order valence-corrected chi connectivity index (χ0v) is 14.3. The van der Waals surface area contributed by atoms with Gasteiger partial charge in [-0.15, -0.1) is 10.2 Å². The second kappa shape index (κ2) is 6.93. The molecule has 1 atom stereocenters. The number of amides is 1. The van der Waals surface area contributed by atoms with Crippen LogP contribution in [0.3, 0.4) is 0 Å². The number of nitrogens with zero attached hydrogens (tertiary/aromatic N) is 6. The van der Waals surface area contributed by atoms with Gasteiger partial charge in [0.25, 0.3) is 5.91 Å². The Labute approximate surface area is 145 Å². The minimum absolute atomic E-state index is 0.120. The van der Waals surface area contributed by atoms with Crippen molar-refractivity contribution in [3.05, 3.63) is 29.5 Å². The largest absolute Gasteiger partial charge is 0.455 e. The van der Waals surface area contributed by atoms with Gasteiger partial charge in [-0.25, -0.2) is 0 Å². The van der Waals surface area contributed by atoms with Gasteiger partial charge in [0.15, 0.2) is 5.76 Å². The molecule has 0 radical (unpaired) electrons. The maximum atomic E-state index is 12.7. The zero-order valence-electron chi connectivity index (χ0n) is 14.3. The highest BCUT2D eigenvalue weighted by Gasteiger charge is 2.30. The Bertz CT molecular complexity index is 736. The Morgan fingerprint density at radius 2 is 2.12 bits per heavy atom. The van der Waals surface area contributed by atoms with Crippen LogP contribution in [0.15, 0.2) is 16.5 Å². The first kappa shape index (κ1) is 16.2. The molecule has 2 aromatic rings. The van der Waals surface area contributed by atoms with E-state index in [1.54, 1.807) is 18.0 Å². The molecule has 0 spiro atoms. The molecule has 1 unspecified atom stereocenters. The molecule has 2 aliphatic heterocycles. The highest BCUT2D eigenvalue weighted by molar-refractivity contribution is 5.91. The summed E-state index contributed by atoms with van der Waals surface area (Å²) >= 11 is 0. The van der Waals surface area contributed by atoms with Crippen LogP contribution in [-0.2, 0) is 18.3 Å². The van der Waals surface area contributed by atoms with Crippen LogP contribution < -0.4 is 0 Å². The number of ether oxygens (including phenoxy) is 1. The van der Waals surface area contributed by atoms with Crippen LogP contribution in [0.2, 0.25) is 0 Å². The first-order valence-electron chi connectivity index (χ1n) is 8.65. The SMILES string of the molecule is Cn1nnc(C2CN(C(=O)c3ccc(CN4CCCC4)o3)CCO2)n1. The molecule has 4 rings (SSSR count). The van der Waals surface area contributed by atoms with Crippen molar-refractivity contribution in [2.45, 2.75) is 25.5 Å². The number of morpholine rings is 1. The molecule has 0 bridgehead atoms. The first-order chi connectivity index (χ1) is 12.2. The minimum atomic E-state index is -0.356. The van der Waals surface area contributed by atoms with Gasteiger partial charge < -0.3 is 14.1 Å². The number of carbonyl (C=O) groups is 1. The van der Waals surface area contributed by atoms with Crippen LogP contribution in [-0.4, -0.2) is 68.7 Å². The lowest BCUT2D eigenvalue weighted by Crippen LogP contribution is -2.42. The monoisotopic (exact) mass is 346 g/mol. The second-order valence-corrected chi connectivity index (χ2v) is 6.50. The van der Waals surface area contributed by atoms with E-state index in [0.717, 1.165) is 25.4 Å². The molecule has 2 saturated heterocycles. The Balaban J connectivity index is 1.40. The molecule has 0 aromatic carbocycles. The highest BCUT2D eigenvalue weighted by atomic mass is 16.5. The molecular formula is C16H22N6O3. The predicted octanol–water partition coefficient (Wildman–Crippen LogP) is 0.613. The number of tetrazole rings is 1. The predicted molar refractivity (Wildman–Crippen MR) is 86.6 cm³/mol. The number of aromatic nitrogens is 4. The minimum Gasteiger partial charge on any atom is -0.455 e. The first-order valence-corrected chi connectivity index (χ1v) is 8.65. The molecular weight excluding hydrogens is 324 g/mol. The zero-order chi connectivity index (χ0) is 17.2. The number of carbonyl (C=O) groups excluding carboxylic acids is 1. The molecule has 134 valence electrons. The molecule has 9 nitrogen and oxygen atoms in total. The number of furan rings is 1. The van der Waals surface area contributed by atoms with E-state index in [1.807, 2.05) is 6.07 Å². The summed E-state index contributed by atoms with van der Waals surface area (Å²) in [6, 6.07) is 3.66. The lowest BCUT2D eigenvalue weighted by molar-refractivity contribution is -0.0278. The third-order valence-corrected chi connectivity index (χ3v) is 4.62. The Morgan fingerprint density at radius 1 is 1.28 bits per heavy atom. The molecule has 2 aliphatic rings. The lowest BCUT2D eigenvalue weighted by atomic mass is 10.2. The molecule has 2 fully saturated rings. The molecule has 0 aliphatic carbocycles. The van der Waals surface area contributed by atoms with E-state index >= 15 is 0 Å². The van der Waals surface area contributed by atoms with Crippen molar-refractivity contribution < 1.29 is 13.9 Å². The summed E-state index contributed by atoms with van der Waals surface area (Å²) in [5.74, 6) is 1.59. The van der Waals surface area contributed by atoms with Crippen molar-refractivity contribution in [1.82, 2.24) is 30.0 Å². The number of hydrogen-bond acceptors (Lipinski definition) is 7. The van der Waals surface area contributed by atoms with E-state index in [-0.39, 0.29) is 12.0 Å². The van der Waals surface area contributed by atoms with Crippen LogP contribution in [0.1, 0.15) is 41.1 Å². The van der Waals surface area contributed by atoms with Gasteiger partial charge in [-0.2, -0.15) is 4.80 Å². The van der Waals surface area contributed by atoms with Crippen LogP contribution in [0.4, 0.5) is 0 Å². The maximum Gasteiger partial charge on any atom is 0.289 e. The average Bonchev–Trinajstić information content (AvgIpc) is 3.37. The summed E-state index contributed by atoms with van der Waals surface area (Å²) in [6.07, 6.45) is 2.11. The molecule has 25 heavy (non-hydrogen) atoms. The Morgan fingerprint density at radius 3 is 2.88 bits per heavy atom. The smallest absolute Gasteiger partial charge is 0.289 e. The van der Waals surface area contributed by atoms with E-state index in [2.05, 4.69) is 20.3 Å². The van der Waals surface area contributed by atoms with Gasteiger partial charge in [0.1, 0.15) is 11.9 Å². The Kier molecular flexibility index (Phi) is 4.50. The van der Waals surface area contributed by atoms with E-state index in [4.69, 9.17) is 9.15 Å². The van der Waals surface area contributed by atoms with Gasteiger partial charge in [0.2, 0.25) is 5.82 Å². The van der Waals surface area contributed by atoms with Gasteiger partial charge in [0, 0.05) is 6.54 Å². The van der Waals surface area contributed by atoms with Gasteiger partial charge >= 0.3 is 0 Å². The third-order valence-electron chi connectivity index (χ3n) is 4.62. The Hall–Kier alpha value is -2.26. The van der Waals surface area contributed by atoms with E-state index in [0.29, 0.717) is 31.3 Å². The fourth-order valence-corrected chi connectivity index (χ4v) is 3.31. The summed E-state index contributed by atoms with van der Waals surface area (Å²) in [7, 11) is 1.70. The topological polar surface area (TPSA) is 89.5 Å². The summed E-state index contributed by atoms with van der Waals surface area (Å²) in [4.78, 5) is 18.2.